The normalized spacial score (nSPS) is 10.3. The third kappa shape index (κ3) is 4.57. The van der Waals surface area contributed by atoms with E-state index in [-0.39, 0.29) is 5.75 Å². The quantitative estimate of drug-likeness (QED) is 0.539. The number of phenolic OH excluding ortho intramolecular Hbond substituents is 1. The van der Waals surface area contributed by atoms with Gasteiger partial charge in [-0.3, -0.25) is 0 Å². The number of nitrogens with one attached hydrogen (secondary N) is 1. The maximum atomic E-state index is 9.27. The molecule has 0 spiro atoms. The Morgan fingerprint density at radius 1 is 1.10 bits per heavy atom. The van der Waals surface area contributed by atoms with Crippen molar-refractivity contribution in [3.63, 3.8) is 0 Å². The Morgan fingerprint density at radius 3 is 2.57 bits per heavy atom. The Labute approximate surface area is 124 Å². The molecule has 5 heteroatoms. The average Bonchev–Trinajstić information content (AvgIpc) is 2.49. The first-order valence-corrected chi connectivity index (χ1v) is 6.72. The molecule has 0 saturated carbocycles. The fourth-order valence-corrected chi connectivity index (χ4v) is 1.86. The van der Waals surface area contributed by atoms with E-state index in [0.717, 1.165) is 17.0 Å². The predicted molar refractivity (Wildman–Crippen MR) is 83.7 cm³/mol. The number of nitrogen functional groups attached to an aromatic ring is 1. The number of nitrogens with two attached hydrogens (primary N) is 1. The second-order valence-corrected chi connectivity index (χ2v) is 4.62. The minimum Gasteiger partial charge on any atom is -0.508 e. The molecular weight excluding hydrogens is 268 g/mol. The molecular formula is C16H20N2O3. The largest absolute Gasteiger partial charge is 0.508 e. The molecule has 0 aliphatic heterocycles. The highest BCUT2D eigenvalue weighted by atomic mass is 16.5. The smallest absolute Gasteiger partial charge is 0.142 e. The van der Waals surface area contributed by atoms with Gasteiger partial charge in [-0.1, -0.05) is 12.1 Å². The standard InChI is InChI=1S/C16H20N2O3/c1-20-8-9-21-16-7-4-13(17)10-15(16)18-11-12-2-5-14(19)6-3-12/h2-7,10,18-19H,8-9,11,17H2,1H3. The summed E-state index contributed by atoms with van der Waals surface area (Å²) < 4.78 is 10.6. The van der Waals surface area contributed by atoms with Crippen LogP contribution in [0.25, 0.3) is 0 Å². The predicted octanol–water partition coefficient (Wildman–Crippen LogP) is 2.61. The lowest BCUT2D eigenvalue weighted by Crippen LogP contribution is -2.07. The molecule has 2 aromatic carbocycles. The second-order valence-electron chi connectivity index (χ2n) is 4.62. The van der Waals surface area contributed by atoms with Crippen molar-refractivity contribution in [3.05, 3.63) is 48.0 Å². The first-order valence-electron chi connectivity index (χ1n) is 6.72. The van der Waals surface area contributed by atoms with E-state index in [9.17, 15) is 5.11 Å². The molecule has 0 heterocycles. The number of phenols is 1. The van der Waals surface area contributed by atoms with E-state index < -0.39 is 0 Å². The Balaban J connectivity index is 2.03. The number of ether oxygens (including phenoxy) is 2. The third-order valence-corrected chi connectivity index (χ3v) is 2.97. The molecule has 0 aliphatic rings. The fraction of sp³-hybridized carbons (Fsp3) is 0.250. The average molecular weight is 288 g/mol. The molecule has 0 bridgehead atoms. The summed E-state index contributed by atoms with van der Waals surface area (Å²) in [4.78, 5) is 0. The SMILES string of the molecule is COCCOc1ccc(N)cc1NCc1ccc(O)cc1. The maximum absolute atomic E-state index is 9.27. The van der Waals surface area contributed by atoms with Gasteiger partial charge < -0.3 is 25.6 Å². The fourth-order valence-electron chi connectivity index (χ4n) is 1.86. The van der Waals surface area contributed by atoms with Crippen molar-refractivity contribution in [2.45, 2.75) is 6.54 Å². The van der Waals surface area contributed by atoms with Crippen molar-refractivity contribution < 1.29 is 14.6 Å². The number of anilines is 2. The van der Waals surface area contributed by atoms with Gasteiger partial charge in [-0.05, 0) is 35.9 Å². The Morgan fingerprint density at radius 2 is 1.86 bits per heavy atom. The summed E-state index contributed by atoms with van der Waals surface area (Å²) in [6.45, 7) is 1.63. The van der Waals surface area contributed by atoms with Crippen LogP contribution in [0.4, 0.5) is 11.4 Å². The molecule has 4 N–H and O–H groups in total. The van der Waals surface area contributed by atoms with E-state index in [1.807, 2.05) is 24.3 Å². The van der Waals surface area contributed by atoms with Crippen LogP contribution in [-0.4, -0.2) is 25.4 Å². The number of aromatic hydroxyl groups is 1. The van der Waals surface area contributed by atoms with Gasteiger partial charge in [-0.2, -0.15) is 0 Å². The highest BCUT2D eigenvalue weighted by Crippen LogP contribution is 2.27. The van der Waals surface area contributed by atoms with Gasteiger partial charge in [0.25, 0.3) is 0 Å². The molecule has 0 aliphatic carbocycles. The zero-order valence-electron chi connectivity index (χ0n) is 12.0. The highest BCUT2D eigenvalue weighted by molar-refractivity contribution is 5.63. The van der Waals surface area contributed by atoms with E-state index in [1.165, 1.54) is 0 Å². The zero-order valence-corrected chi connectivity index (χ0v) is 12.0. The van der Waals surface area contributed by atoms with Crippen LogP contribution in [0.5, 0.6) is 11.5 Å². The lowest BCUT2D eigenvalue weighted by Gasteiger charge is -2.14. The van der Waals surface area contributed by atoms with Crippen molar-refractivity contribution in [2.24, 2.45) is 0 Å². The van der Waals surface area contributed by atoms with E-state index in [4.69, 9.17) is 15.2 Å². The van der Waals surface area contributed by atoms with Crippen LogP contribution in [0, 0.1) is 0 Å². The van der Waals surface area contributed by atoms with Gasteiger partial charge in [-0.25, -0.2) is 0 Å². The van der Waals surface area contributed by atoms with Gasteiger partial charge in [0.2, 0.25) is 0 Å². The lowest BCUT2D eigenvalue weighted by atomic mass is 10.2. The van der Waals surface area contributed by atoms with Crippen molar-refractivity contribution in [1.29, 1.82) is 0 Å². The first kappa shape index (κ1) is 15.0. The molecule has 5 nitrogen and oxygen atoms in total. The topological polar surface area (TPSA) is 76.7 Å². The van der Waals surface area contributed by atoms with Crippen molar-refractivity contribution in [2.75, 3.05) is 31.4 Å². The lowest BCUT2D eigenvalue weighted by molar-refractivity contribution is 0.146. The zero-order chi connectivity index (χ0) is 15.1. The molecule has 21 heavy (non-hydrogen) atoms. The van der Waals surface area contributed by atoms with Gasteiger partial charge in [0, 0.05) is 19.3 Å². The van der Waals surface area contributed by atoms with Gasteiger partial charge in [-0.15, -0.1) is 0 Å². The van der Waals surface area contributed by atoms with Crippen LogP contribution >= 0.6 is 0 Å². The van der Waals surface area contributed by atoms with Crippen LogP contribution in [0.2, 0.25) is 0 Å². The molecule has 112 valence electrons. The van der Waals surface area contributed by atoms with E-state index >= 15 is 0 Å². The van der Waals surface area contributed by atoms with Crippen molar-refractivity contribution >= 4 is 11.4 Å². The minimum absolute atomic E-state index is 0.256. The monoisotopic (exact) mass is 288 g/mol. The summed E-state index contributed by atoms with van der Waals surface area (Å²) in [5.74, 6) is 0.992. The summed E-state index contributed by atoms with van der Waals surface area (Å²) in [7, 11) is 1.64. The molecule has 2 aromatic rings. The molecule has 0 radical (unpaired) electrons. The molecule has 0 fully saturated rings. The van der Waals surface area contributed by atoms with E-state index in [0.29, 0.717) is 25.4 Å². The van der Waals surface area contributed by atoms with E-state index in [2.05, 4.69) is 5.32 Å². The van der Waals surface area contributed by atoms with Crippen LogP contribution in [0.15, 0.2) is 42.5 Å². The third-order valence-electron chi connectivity index (χ3n) is 2.97. The van der Waals surface area contributed by atoms with Crippen molar-refractivity contribution in [3.8, 4) is 11.5 Å². The van der Waals surface area contributed by atoms with Crippen molar-refractivity contribution in [1.82, 2.24) is 0 Å². The molecule has 2 rings (SSSR count). The van der Waals surface area contributed by atoms with Gasteiger partial charge in [0.05, 0.1) is 12.3 Å². The second kappa shape index (κ2) is 7.40. The van der Waals surface area contributed by atoms with Crippen LogP contribution < -0.4 is 15.8 Å². The summed E-state index contributed by atoms with van der Waals surface area (Å²) in [6.07, 6.45) is 0. The Kier molecular flexibility index (Phi) is 5.29. The molecule has 0 saturated heterocycles. The molecule has 0 unspecified atom stereocenters. The molecule has 0 amide bonds. The van der Waals surface area contributed by atoms with Crippen LogP contribution in [0.1, 0.15) is 5.56 Å². The number of methoxy groups -OCH3 is 1. The van der Waals surface area contributed by atoms with Gasteiger partial charge >= 0.3 is 0 Å². The highest BCUT2D eigenvalue weighted by Gasteiger charge is 2.04. The summed E-state index contributed by atoms with van der Waals surface area (Å²) in [6, 6.07) is 12.5. The molecule has 0 atom stereocenters. The number of hydrogen-bond acceptors (Lipinski definition) is 5. The Bertz CT molecular complexity index is 570. The minimum atomic E-state index is 0.256. The van der Waals surface area contributed by atoms with Crippen LogP contribution in [0.3, 0.4) is 0 Å². The van der Waals surface area contributed by atoms with Crippen LogP contribution in [-0.2, 0) is 11.3 Å². The van der Waals surface area contributed by atoms with Gasteiger partial charge in [0.1, 0.15) is 18.1 Å². The summed E-state index contributed by atoms with van der Waals surface area (Å²) in [5.41, 5.74) is 8.37. The van der Waals surface area contributed by atoms with E-state index in [1.54, 1.807) is 25.3 Å². The Hall–Kier alpha value is -2.40. The number of hydrogen-bond donors (Lipinski definition) is 3. The van der Waals surface area contributed by atoms with Gasteiger partial charge in [0.15, 0.2) is 0 Å². The first-order chi connectivity index (χ1) is 10.2. The number of rotatable bonds is 7. The summed E-state index contributed by atoms with van der Waals surface area (Å²) >= 11 is 0. The molecule has 0 aromatic heterocycles. The summed E-state index contributed by atoms with van der Waals surface area (Å²) in [5, 5.41) is 12.6. The maximum Gasteiger partial charge on any atom is 0.142 e. The number of benzene rings is 2.